The number of nitrogens with one attached hydrogen (secondary N) is 1. The third kappa shape index (κ3) is 4.37. The van der Waals surface area contributed by atoms with Gasteiger partial charge in [0.15, 0.2) is 0 Å². The molecule has 1 aromatic rings. The zero-order valence-electron chi connectivity index (χ0n) is 12.2. The molecule has 0 bridgehead atoms. The SMILES string of the molecule is CC1(C)CCCCC1NC(=O)Cc1ccc(N)cn1.Cl. The van der Waals surface area contributed by atoms with E-state index in [1.54, 1.807) is 18.3 Å². The quantitative estimate of drug-likeness (QED) is 0.901. The number of nitrogens with two attached hydrogens (primary N) is 1. The number of carbonyl (C=O) groups excluding carboxylic acids is 1. The van der Waals surface area contributed by atoms with Gasteiger partial charge in [-0.1, -0.05) is 26.7 Å². The minimum atomic E-state index is 0. The van der Waals surface area contributed by atoms with Crippen molar-refractivity contribution in [3.63, 3.8) is 0 Å². The second kappa shape index (κ2) is 6.93. The Morgan fingerprint density at radius 2 is 2.20 bits per heavy atom. The molecule has 1 heterocycles. The van der Waals surface area contributed by atoms with Crippen LogP contribution in [0.1, 0.15) is 45.2 Å². The van der Waals surface area contributed by atoms with Crippen LogP contribution in [0.2, 0.25) is 0 Å². The Balaban J connectivity index is 0.00000200. The molecule has 2 rings (SSSR count). The van der Waals surface area contributed by atoms with Crippen LogP contribution in [0.3, 0.4) is 0 Å². The number of hydrogen-bond donors (Lipinski definition) is 2. The Morgan fingerprint density at radius 1 is 1.45 bits per heavy atom. The lowest BCUT2D eigenvalue weighted by Gasteiger charge is -2.39. The number of anilines is 1. The van der Waals surface area contributed by atoms with E-state index in [4.69, 9.17) is 5.73 Å². The predicted molar refractivity (Wildman–Crippen MR) is 83.8 cm³/mol. The minimum Gasteiger partial charge on any atom is -0.397 e. The van der Waals surface area contributed by atoms with E-state index in [2.05, 4.69) is 24.1 Å². The van der Waals surface area contributed by atoms with Gasteiger partial charge in [0.05, 0.1) is 18.3 Å². The molecule has 1 aliphatic carbocycles. The lowest BCUT2D eigenvalue weighted by Crippen LogP contribution is -2.47. The molecule has 5 heteroatoms. The molecule has 1 atom stereocenters. The van der Waals surface area contributed by atoms with E-state index in [1.807, 2.05) is 0 Å². The predicted octanol–water partition coefficient (Wildman–Crippen LogP) is 2.71. The van der Waals surface area contributed by atoms with Gasteiger partial charge in [-0.15, -0.1) is 12.4 Å². The highest BCUT2D eigenvalue weighted by Gasteiger charge is 2.33. The maximum Gasteiger partial charge on any atom is 0.226 e. The highest BCUT2D eigenvalue weighted by Crippen LogP contribution is 2.35. The summed E-state index contributed by atoms with van der Waals surface area (Å²) in [5.74, 6) is 0.0530. The van der Waals surface area contributed by atoms with E-state index in [9.17, 15) is 4.79 Å². The molecule has 1 saturated carbocycles. The van der Waals surface area contributed by atoms with Gasteiger partial charge in [0.2, 0.25) is 5.91 Å². The van der Waals surface area contributed by atoms with Crippen LogP contribution in [0.15, 0.2) is 18.3 Å². The van der Waals surface area contributed by atoms with Crippen LogP contribution in [-0.4, -0.2) is 16.9 Å². The number of hydrogen-bond acceptors (Lipinski definition) is 3. The van der Waals surface area contributed by atoms with E-state index in [-0.39, 0.29) is 29.8 Å². The van der Waals surface area contributed by atoms with Crippen molar-refractivity contribution in [1.29, 1.82) is 0 Å². The third-order valence-corrected chi connectivity index (χ3v) is 4.03. The molecule has 0 spiro atoms. The Labute approximate surface area is 126 Å². The third-order valence-electron chi connectivity index (χ3n) is 4.03. The smallest absolute Gasteiger partial charge is 0.226 e. The number of halogens is 1. The number of nitrogen functional groups attached to an aromatic ring is 1. The van der Waals surface area contributed by atoms with Crippen molar-refractivity contribution in [1.82, 2.24) is 10.3 Å². The number of aromatic nitrogens is 1. The first-order valence-electron chi connectivity index (χ1n) is 6.97. The summed E-state index contributed by atoms with van der Waals surface area (Å²) in [6.45, 7) is 4.47. The van der Waals surface area contributed by atoms with Gasteiger partial charge in [-0.2, -0.15) is 0 Å². The molecule has 1 aliphatic rings. The molecule has 1 unspecified atom stereocenters. The van der Waals surface area contributed by atoms with E-state index >= 15 is 0 Å². The molecule has 1 fully saturated rings. The molecule has 1 amide bonds. The average Bonchev–Trinajstić information content (AvgIpc) is 2.35. The van der Waals surface area contributed by atoms with Crippen LogP contribution in [-0.2, 0) is 11.2 Å². The lowest BCUT2D eigenvalue weighted by atomic mass is 9.73. The molecule has 0 saturated heterocycles. The maximum absolute atomic E-state index is 12.1. The number of pyridine rings is 1. The largest absolute Gasteiger partial charge is 0.397 e. The fraction of sp³-hybridized carbons (Fsp3) is 0.600. The first kappa shape index (κ1) is 16.8. The van der Waals surface area contributed by atoms with Crippen LogP contribution in [0, 0.1) is 5.41 Å². The summed E-state index contributed by atoms with van der Waals surface area (Å²) in [6, 6.07) is 3.86. The molecule has 4 nitrogen and oxygen atoms in total. The van der Waals surface area contributed by atoms with Crippen molar-refractivity contribution in [2.45, 2.75) is 52.0 Å². The molecule has 0 aliphatic heterocycles. The van der Waals surface area contributed by atoms with Gasteiger partial charge in [-0.3, -0.25) is 9.78 Å². The number of carbonyl (C=O) groups is 1. The summed E-state index contributed by atoms with van der Waals surface area (Å²) in [5, 5.41) is 3.16. The highest BCUT2D eigenvalue weighted by molar-refractivity contribution is 5.85. The fourth-order valence-corrected chi connectivity index (χ4v) is 2.71. The second-order valence-electron chi connectivity index (χ2n) is 6.11. The number of nitrogens with zero attached hydrogens (tertiary/aromatic N) is 1. The average molecular weight is 298 g/mol. The summed E-state index contributed by atoms with van der Waals surface area (Å²) < 4.78 is 0. The molecule has 0 aromatic carbocycles. The molecule has 3 N–H and O–H groups in total. The number of amides is 1. The van der Waals surface area contributed by atoms with Gasteiger partial charge < -0.3 is 11.1 Å². The molecule has 1 aromatic heterocycles. The van der Waals surface area contributed by atoms with Crippen LogP contribution in [0.5, 0.6) is 0 Å². The second-order valence-corrected chi connectivity index (χ2v) is 6.11. The highest BCUT2D eigenvalue weighted by atomic mass is 35.5. The van der Waals surface area contributed by atoms with Crippen LogP contribution in [0.25, 0.3) is 0 Å². The monoisotopic (exact) mass is 297 g/mol. The normalized spacial score (nSPS) is 20.8. The first-order valence-corrected chi connectivity index (χ1v) is 6.97. The van der Waals surface area contributed by atoms with Crippen molar-refractivity contribution in [2.24, 2.45) is 5.41 Å². The van der Waals surface area contributed by atoms with E-state index < -0.39 is 0 Å². The molecule has 0 radical (unpaired) electrons. The fourth-order valence-electron chi connectivity index (χ4n) is 2.71. The molecular weight excluding hydrogens is 274 g/mol. The van der Waals surface area contributed by atoms with Gasteiger partial charge in [-0.05, 0) is 30.4 Å². The zero-order chi connectivity index (χ0) is 13.9. The van der Waals surface area contributed by atoms with Gasteiger partial charge in [0.25, 0.3) is 0 Å². The standard InChI is InChI=1S/C15H23N3O.ClH/c1-15(2)8-4-3-5-13(15)18-14(19)9-12-7-6-11(16)10-17-12;/h6-7,10,13H,3-5,8-9,16H2,1-2H3,(H,18,19);1H. The van der Waals surface area contributed by atoms with E-state index in [1.165, 1.54) is 19.3 Å². The van der Waals surface area contributed by atoms with Crippen molar-refractivity contribution < 1.29 is 4.79 Å². The van der Waals surface area contributed by atoms with Crippen LogP contribution >= 0.6 is 12.4 Å². The van der Waals surface area contributed by atoms with Crippen LogP contribution in [0.4, 0.5) is 5.69 Å². The van der Waals surface area contributed by atoms with Crippen molar-refractivity contribution >= 4 is 24.0 Å². The molecular formula is C15H24ClN3O. The van der Waals surface area contributed by atoms with Gasteiger partial charge in [0.1, 0.15) is 0 Å². The van der Waals surface area contributed by atoms with Crippen molar-refractivity contribution in [3.8, 4) is 0 Å². The van der Waals surface area contributed by atoms with E-state index in [0.29, 0.717) is 12.1 Å². The summed E-state index contributed by atoms with van der Waals surface area (Å²) in [6.07, 6.45) is 6.64. The topological polar surface area (TPSA) is 68.0 Å². The summed E-state index contributed by atoms with van der Waals surface area (Å²) in [5.41, 5.74) is 7.16. The summed E-state index contributed by atoms with van der Waals surface area (Å²) in [7, 11) is 0. The Morgan fingerprint density at radius 3 is 2.80 bits per heavy atom. The zero-order valence-corrected chi connectivity index (χ0v) is 13.0. The number of rotatable bonds is 3. The Kier molecular flexibility index (Phi) is 5.81. The van der Waals surface area contributed by atoms with Crippen LogP contribution < -0.4 is 11.1 Å². The Bertz CT molecular complexity index is 445. The van der Waals surface area contributed by atoms with Gasteiger partial charge >= 0.3 is 0 Å². The van der Waals surface area contributed by atoms with Gasteiger partial charge in [-0.25, -0.2) is 0 Å². The summed E-state index contributed by atoms with van der Waals surface area (Å²) >= 11 is 0. The summed E-state index contributed by atoms with van der Waals surface area (Å²) in [4.78, 5) is 16.2. The van der Waals surface area contributed by atoms with Gasteiger partial charge in [0, 0.05) is 11.7 Å². The van der Waals surface area contributed by atoms with E-state index in [0.717, 1.165) is 12.1 Å². The Hall–Kier alpha value is -1.29. The minimum absolute atomic E-state index is 0. The van der Waals surface area contributed by atoms with Crippen molar-refractivity contribution in [2.75, 3.05) is 5.73 Å². The maximum atomic E-state index is 12.1. The lowest BCUT2D eigenvalue weighted by molar-refractivity contribution is -0.122. The van der Waals surface area contributed by atoms with Crippen molar-refractivity contribution in [3.05, 3.63) is 24.0 Å². The first-order chi connectivity index (χ1) is 8.97. The molecule has 112 valence electrons. The molecule has 20 heavy (non-hydrogen) atoms.